The van der Waals surface area contributed by atoms with E-state index in [1.54, 1.807) is 0 Å². The average molecular weight is 272 g/mol. The first-order valence-corrected chi connectivity index (χ1v) is 4.77. The molecule has 1 aliphatic carbocycles. The zero-order chi connectivity index (χ0) is 9.47. The number of carbonyl (C=O) groups excluding carboxylic acids is 1. The van der Waals surface area contributed by atoms with Crippen molar-refractivity contribution in [3.05, 3.63) is 5.92 Å². The van der Waals surface area contributed by atoms with E-state index in [0.29, 0.717) is 26.1 Å². The van der Waals surface area contributed by atoms with Gasteiger partial charge in [0, 0.05) is 12.2 Å². The Morgan fingerprint density at radius 2 is 2.00 bits per heavy atom. The van der Waals surface area contributed by atoms with Crippen LogP contribution in [0.15, 0.2) is 0 Å². The third-order valence-corrected chi connectivity index (χ3v) is 2.83. The van der Waals surface area contributed by atoms with Crippen molar-refractivity contribution in [1.82, 2.24) is 0 Å². The molecule has 74 valence electrons. The van der Waals surface area contributed by atoms with Crippen molar-refractivity contribution in [2.45, 2.75) is 32.5 Å². The second kappa shape index (κ2) is 4.60. The van der Waals surface area contributed by atoms with Crippen LogP contribution in [0.25, 0.3) is 0 Å². The van der Waals surface area contributed by atoms with Gasteiger partial charge in [-0.15, -0.1) is 6.42 Å². The van der Waals surface area contributed by atoms with E-state index in [9.17, 15) is 4.79 Å². The van der Waals surface area contributed by atoms with Crippen LogP contribution in [0.2, 0.25) is 0 Å². The molecule has 0 aromatic heterocycles. The molecular weight excluding hydrogens is 257 g/mol. The van der Waals surface area contributed by atoms with Crippen molar-refractivity contribution in [3.63, 3.8) is 0 Å². The Bertz CT molecular complexity index is 207. The Labute approximate surface area is 110 Å². The summed E-state index contributed by atoms with van der Waals surface area (Å²) in [7, 11) is 0. The van der Waals surface area contributed by atoms with Gasteiger partial charge in [0.05, 0.1) is 13.2 Å². The molecule has 14 heavy (non-hydrogen) atoms. The maximum absolute atomic E-state index is 11.5. The quantitative estimate of drug-likeness (QED) is 0.624. The molecule has 0 radical (unpaired) electrons. The molecule has 1 aliphatic heterocycles. The molecule has 0 bridgehead atoms. The summed E-state index contributed by atoms with van der Waals surface area (Å²) in [6.45, 7) is 5.14. The molecule has 0 N–H and O–H groups in total. The van der Waals surface area contributed by atoms with Crippen LogP contribution >= 0.6 is 0 Å². The van der Waals surface area contributed by atoms with Crippen molar-refractivity contribution >= 4 is 5.78 Å². The SMILES string of the molecule is C[C-]1CC2(CC(C)C1=O)OCCO2.[Y+3]. The van der Waals surface area contributed by atoms with Gasteiger partial charge >= 0.3 is 32.7 Å². The molecule has 2 aliphatic rings. The second-order valence-electron chi connectivity index (χ2n) is 4.03. The van der Waals surface area contributed by atoms with Gasteiger partial charge in [0.2, 0.25) is 0 Å². The average Bonchev–Trinajstić information content (AvgIpc) is 2.49. The van der Waals surface area contributed by atoms with E-state index in [-0.39, 0.29) is 44.4 Å². The maximum Gasteiger partial charge on any atom is 3.00 e. The number of hydrogen-bond acceptors (Lipinski definition) is 3. The van der Waals surface area contributed by atoms with Crippen molar-refractivity contribution in [1.29, 1.82) is 0 Å². The maximum atomic E-state index is 11.5. The number of rotatable bonds is 0. The van der Waals surface area contributed by atoms with Crippen LogP contribution in [0.3, 0.4) is 0 Å². The smallest absolute Gasteiger partial charge is 0.350 e. The molecule has 1 atom stereocenters. The minimum Gasteiger partial charge on any atom is -0.350 e. The van der Waals surface area contributed by atoms with Gasteiger partial charge < -0.3 is 20.2 Å². The summed E-state index contributed by atoms with van der Waals surface area (Å²) in [4.78, 5) is 11.5. The fraction of sp³-hybridized carbons (Fsp3) is 0.800. The summed E-state index contributed by atoms with van der Waals surface area (Å²) >= 11 is 0. The van der Waals surface area contributed by atoms with Gasteiger partial charge in [-0.3, -0.25) is 0 Å². The number of Topliss-reactive ketones (excluding diaryl/α,β-unsaturated/α-hetero) is 1. The Hall–Kier alpha value is 0.564. The summed E-state index contributed by atoms with van der Waals surface area (Å²) in [6, 6.07) is 0. The van der Waals surface area contributed by atoms with Gasteiger partial charge in [0.15, 0.2) is 0 Å². The Morgan fingerprint density at radius 1 is 1.43 bits per heavy atom. The van der Waals surface area contributed by atoms with Gasteiger partial charge in [0.1, 0.15) is 5.79 Å². The first kappa shape index (κ1) is 12.6. The zero-order valence-electron chi connectivity index (χ0n) is 8.71. The van der Waals surface area contributed by atoms with Gasteiger partial charge in [-0.2, -0.15) is 6.92 Å². The van der Waals surface area contributed by atoms with Crippen LogP contribution in [-0.2, 0) is 47.0 Å². The van der Waals surface area contributed by atoms with E-state index >= 15 is 0 Å². The number of carbonyl (C=O) groups is 1. The Morgan fingerprint density at radius 3 is 2.50 bits per heavy atom. The van der Waals surface area contributed by atoms with E-state index in [4.69, 9.17) is 9.47 Å². The fourth-order valence-electron chi connectivity index (χ4n) is 2.26. The van der Waals surface area contributed by atoms with Crippen LogP contribution in [0.4, 0.5) is 0 Å². The van der Waals surface area contributed by atoms with Crippen molar-refractivity contribution in [2.75, 3.05) is 13.2 Å². The summed E-state index contributed by atoms with van der Waals surface area (Å²) < 4.78 is 11.2. The number of hydrogen-bond donors (Lipinski definition) is 0. The first-order chi connectivity index (χ1) is 6.13. The van der Waals surface area contributed by atoms with Crippen molar-refractivity contribution in [2.24, 2.45) is 5.92 Å². The predicted molar refractivity (Wildman–Crippen MR) is 47.0 cm³/mol. The van der Waals surface area contributed by atoms with E-state index in [2.05, 4.69) is 0 Å². The van der Waals surface area contributed by atoms with E-state index < -0.39 is 5.79 Å². The molecule has 0 aromatic carbocycles. The molecule has 1 heterocycles. The molecule has 0 amide bonds. The summed E-state index contributed by atoms with van der Waals surface area (Å²) in [5.41, 5.74) is 0. The minimum atomic E-state index is -0.461. The first-order valence-electron chi connectivity index (χ1n) is 4.77. The molecule has 2 fully saturated rings. The summed E-state index contributed by atoms with van der Waals surface area (Å²) in [5, 5.41) is 0. The van der Waals surface area contributed by atoms with Gasteiger partial charge in [-0.25, -0.2) is 0 Å². The van der Waals surface area contributed by atoms with Crippen LogP contribution in [0, 0.1) is 11.8 Å². The Kier molecular flexibility index (Phi) is 4.15. The standard InChI is InChI=1S/C10H15O3.Y/c1-7-5-10(12-3-4-13-10)6-8(2)9(7)11;/h7H,3-6H2,1-2H3;/q-1;+3. The summed E-state index contributed by atoms with van der Waals surface area (Å²) in [6.07, 6.45) is 1.36. The molecule has 1 saturated carbocycles. The third-order valence-electron chi connectivity index (χ3n) is 2.83. The van der Waals surface area contributed by atoms with Crippen molar-refractivity contribution < 1.29 is 47.0 Å². The van der Waals surface area contributed by atoms with E-state index in [1.165, 1.54) is 0 Å². The normalized spacial score (nSPS) is 30.6. The number of ketones is 1. The minimum absolute atomic E-state index is 0. The fourth-order valence-corrected chi connectivity index (χ4v) is 2.26. The van der Waals surface area contributed by atoms with Crippen LogP contribution in [0.5, 0.6) is 0 Å². The van der Waals surface area contributed by atoms with Crippen LogP contribution in [-0.4, -0.2) is 24.8 Å². The summed E-state index contributed by atoms with van der Waals surface area (Å²) in [5.74, 6) is 0.745. The third kappa shape index (κ3) is 2.21. The predicted octanol–water partition coefficient (Wildman–Crippen LogP) is 1.32. The largest absolute Gasteiger partial charge is 3.00 e. The van der Waals surface area contributed by atoms with E-state index in [0.717, 1.165) is 5.92 Å². The Balaban J connectivity index is 0.000000980. The van der Waals surface area contributed by atoms with Gasteiger partial charge in [-0.05, 0) is 5.92 Å². The number of ether oxygens (including phenoxy) is 2. The zero-order valence-corrected chi connectivity index (χ0v) is 11.5. The molecule has 1 unspecified atom stereocenters. The van der Waals surface area contributed by atoms with Gasteiger partial charge in [0.25, 0.3) is 0 Å². The monoisotopic (exact) mass is 272 g/mol. The van der Waals surface area contributed by atoms with Crippen LogP contribution < -0.4 is 0 Å². The second-order valence-corrected chi connectivity index (χ2v) is 4.03. The topological polar surface area (TPSA) is 35.5 Å². The van der Waals surface area contributed by atoms with Crippen LogP contribution in [0.1, 0.15) is 26.7 Å². The molecule has 4 heteroatoms. The molecule has 1 spiro atoms. The molecule has 1 saturated heterocycles. The molecule has 2 rings (SSSR count). The molecule has 0 aromatic rings. The molecule has 3 nitrogen and oxygen atoms in total. The van der Waals surface area contributed by atoms with Crippen molar-refractivity contribution in [3.8, 4) is 0 Å². The van der Waals surface area contributed by atoms with E-state index in [1.807, 2.05) is 13.8 Å². The van der Waals surface area contributed by atoms with Gasteiger partial charge in [-0.1, -0.05) is 6.92 Å². The molecular formula is C10H15O3Y+2.